The van der Waals surface area contributed by atoms with Gasteiger partial charge in [0.05, 0.1) is 0 Å². The average Bonchev–Trinajstić information content (AvgIpc) is 2.69. The van der Waals surface area contributed by atoms with Gasteiger partial charge in [-0.05, 0) is 37.8 Å². The maximum absolute atomic E-state index is 11.7. The molecule has 0 aromatic carbocycles. The van der Waals surface area contributed by atoms with Crippen LogP contribution in [0.15, 0.2) is 12.1 Å². The summed E-state index contributed by atoms with van der Waals surface area (Å²) in [6.45, 7) is 8.60. The first-order valence-electron chi connectivity index (χ1n) is 6.22. The Bertz CT molecular complexity index is 382. The van der Waals surface area contributed by atoms with Crippen molar-refractivity contribution in [1.29, 1.82) is 0 Å². The maximum atomic E-state index is 11.7. The Hall–Kier alpha value is -1.29. The Balaban J connectivity index is 3.14. The van der Waals surface area contributed by atoms with Crippen molar-refractivity contribution in [3.63, 3.8) is 0 Å². The van der Waals surface area contributed by atoms with Crippen molar-refractivity contribution in [3.8, 4) is 0 Å². The zero-order chi connectivity index (χ0) is 13.0. The molecule has 4 heteroatoms. The molecule has 0 aliphatic carbocycles. The topological polar surface area (TPSA) is 60.0 Å². The molecule has 96 valence electrons. The molecule has 17 heavy (non-hydrogen) atoms. The number of hydrogen-bond donors (Lipinski definition) is 2. The predicted molar refractivity (Wildman–Crippen MR) is 69.6 cm³/mol. The third-order valence-corrected chi connectivity index (χ3v) is 3.02. The number of hydrogen-bond acceptors (Lipinski definition) is 2. The fourth-order valence-corrected chi connectivity index (χ4v) is 2.04. The summed E-state index contributed by atoms with van der Waals surface area (Å²) in [6, 6.07) is 4.19. The monoisotopic (exact) mass is 237 g/mol. The van der Waals surface area contributed by atoms with E-state index in [9.17, 15) is 4.79 Å². The molecule has 1 heterocycles. The van der Waals surface area contributed by atoms with Crippen LogP contribution >= 0.6 is 0 Å². The number of nitrogen functional groups attached to an aromatic ring is 1. The molecule has 0 saturated heterocycles. The molecule has 1 aromatic heterocycles. The lowest BCUT2D eigenvalue weighted by Crippen LogP contribution is -2.32. The van der Waals surface area contributed by atoms with E-state index in [0.29, 0.717) is 17.7 Å². The highest BCUT2D eigenvalue weighted by Gasteiger charge is 2.17. The number of nitrogens with two attached hydrogens (primary N) is 1. The first-order chi connectivity index (χ1) is 8.01. The van der Waals surface area contributed by atoms with Crippen LogP contribution in [0.25, 0.3) is 0 Å². The summed E-state index contributed by atoms with van der Waals surface area (Å²) < 4.78 is 2.10. The molecule has 0 aliphatic rings. The zero-order valence-electron chi connectivity index (χ0n) is 11.2. The van der Waals surface area contributed by atoms with E-state index in [-0.39, 0.29) is 5.91 Å². The van der Waals surface area contributed by atoms with Crippen molar-refractivity contribution in [2.24, 2.45) is 11.8 Å². The number of carbonyl (C=O) groups is 1. The van der Waals surface area contributed by atoms with Gasteiger partial charge in [0, 0.05) is 11.7 Å². The molecule has 3 N–H and O–H groups in total. The standard InChI is InChI=1S/C13H23N3O/c1-5-10(4)16-11(8-9(2)3)6-7-12(16)13(17)15-14/h6-7,9-10H,5,8,14H2,1-4H3,(H,15,17)/t10-/m0/s1. The molecule has 0 radical (unpaired) electrons. The SMILES string of the molecule is CC[C@H](C)n1c(CC(C)C)ccc1C(=O)NN. The van der Waals surface area contributed by atoms with Crippen molar-refractivity contribution in [1.82, 2.24) is 9.99 Å². The predicted octanol–water partition coefficient (Wildman–Crippen LogP) is 2.26. The molecule has 1 atom stereocenters. The van der Waals surface area contributed by atoms with Gasteiger partial charge in [-0.2, -0.15) is 0 Å². The summed E-state index contributed by atoms with van der Waals surface area (Å²) in [7, 11) is 0. The lowest BCUT2D eigenvalue weighted by atomic mass is 10.1. The van der Waals surface area contributed by atoms with Gasteiger partial charge >= 0.3 is 0 Å². The number of hydrazine groups is 1. The molecule has 0 aliphatic heterocycles. The Kier molecular flexibility index (Phi) is 4.75. The summed E-state index contributed by atoms with van der Waals surface area (Å²) in [5, 5.41) is 0. The summed E-state index contributed by atoms with van der Waals surface area (Å²) in [6.07, 6.45) is 1.97. The third kappa shape index (κ3) is 3.09. The van der Waals surface area contributed by atoms with Crippen LogP contribution in [0.3, 0.4) is 0 Å². The minimum atomic E-state index is -0.222. The van der Waals surface area contributed by atoms with E-state index in [1.165, 1.54) is 5.69 Å². The number of amides is 1. The highest BCUT2D eigenvalue weighted by atomic mass is 16.2. The summed E-state index contributed by atoms with van der Waals surface area (Å²) >= 11 is 0. The number of aromatic nitrogens is 1. The highest BCUT2D eigenvalue weighted by Crippen LogP contribution is 2.21. The summed E-state index contributed by atoms with van der Waals surface area (Å²) in [5.41, 5.74) is 4.06. The van der Waals surface area contributed by atoms with Gasteiger partial charge in [-0.15, -0.1) is 0 Å². The van der Waals surface area contributed by atoms with Gasteiger partial charge < -0.3 is 4.57 Å². The molecule has 0 saturated carbocycles. The fourth-order valence-electron chi connectivity index (χ4n) is 2.04. The number of nitrogens with one attached hydrogen (secondary N) is 1. The summed E-state index contributed by atoms with van der Waals surface area (Å²) in [4.78, 5) is 11.7. The van der Waals surface area contributed by atoms with Gasteiger partial charge in [0.1, 0.15) is 5.69 Å². The molecule has 0 unspecified atom stereocenters. The quantitative estimate of drug-likeness (QED) is 0.469. The average molecular weight is 237 g/mol. The fraction of sp³-hybridized carbons (Fsp3) is 0.615. The Morgan fingerprint density at radius 3 is 2.53 bits per heavy atom. The van der Waals surface area contributed by atoms with Crippen molar-refractivity contribution >= 4 is 5.91 Å². The number of rotatable bonds is 5. The van der Waals surface area contributed by atoms with Gasteiger partial charge in [0.25, 0.3) is 5.91 Å². The molecule has 1 aromatic rings. The largest absolute Gasteiger partial charge is 0.338 e. The normalized spacial score (nSPS) is 12.8. The van der Waals surface area contributed by atoms with Crippen molar-refractivity contribution < 1.29 is 4.79 Å². The van der Waals surface area contributed by atoms with Gasteiger partial charge in [-0.25, -0.2) is 5.84 Å². The molecular formula is C13H23N3O. The van der Waals surface area contributed by atoms with Crippen LogP contribution < -0.4 is 11.3 Å². The second-order valence-electron chi connectivity index (χ2n) is 4.91. The van der Waals surface area contributed by atoms with Crippen LogP contribution in [0.2, 0.25) is 0 Å². The van der Waals surface area contributed by atoms with Crippen LogP contribution in [0.4, 0.5) is 0 Å². The lowest BCUT2D eigenvalue weighted by molar-refractivity contribution is 0.0942. The van der Waals surface area contributed by atoms with Crippen LogP contribution in [-0.4, -0.2) is 10.5 Å². The van der Waals surface area contributed by atoms with Gasteiger partial charge in [-0.1, -0.05) is 20.8 Å². The first kappa shape index (κ1) is 13.8. The molecule has 1 rings (SSSR count). The number of nitrogens with zero attached hydrogens (tertiary/aromatic N) is 1. The molecule has 0 bridgehead atoms. The van der Waals surface area contributed by atoms with E-state index >= 15 is 0 Å². The molecule has 1 amide bonds. The van der Waals surface area contributed by atoms with E-state index in [0.717, 1.165) is 12.8 Å². The first-order valence-corrected chi connectivity index (χ1v) is 6.22. The van der Waals surface area contributed by atoms with Crippen molar-refractivity contribution in [2.45, 2.75) is 46.6 Å². The van der Waals surface area contributed by atoms with Crippen LogP contribution in [0, 0.1) is 5.92 Å². The van der Waals surface area contributed by atoms with Crippen LogP contribution in [0.5, 0.6) is 0 Å². The van der Waals surface area contributed by atoms with E-state index < -0.39 is 0 Å². The Morgan fingerprint density at radius 2 is 2.06 bits per heavy atom. The second kappa shape index (κ2) is 5.87. The molecule has 0 spiro atoms. The minimum absolute atomic E-state index is 0.222. The Labute approximate surface area is 103 Å². The smallest absolute Gasteiger partial charge is 0.281 e. The lowest BCUT2D eigenvalue weighted by Gasteiger charge is -2.19. The molecule has 0 fully saturated rings. The van der Waals surface area contributed by atoms with Gasteiger partial charge in [-0.3, -0.25) is 10.2 Å². The van der Waals surface area contributed by atoms with E-state index in [2.05, 4.69) is 37.7 Å². The van der Waals surface area contributed by atoms with Gasteiger partial charge in [0.2, 0.25) is 0 Å². The van der Waals surface area contributed by atoms with Crippen LogP contribution in [-0.2, 0) is 6.42 Å². The summed E-state index contributed by atoms with van der Waals surface area (Å²) in [5.74, 6) is 5.56. The van der Waals surface area contributed by atoms with Gasteiger partial charge in [0.15, 0.2) is 0 Å². The highest BCUT2D eigenvalue weighted by molar-refractivity contribution is 5.92. The van der Waals surface area contributed by atoms with E-state index in [1.54, 1.807) is 0 Å². The van der Waals surface area contributed by atoms with E-state index in [4.69, 9.17) is 5.84 Å². The minimum Gasteiger partial charge on any atom is -0.338 e. The molecule has 4 nitrogen and oxygen atoms in total. The third-order valence-electron chi connectivity index (χ3n) is 3.02. The maximum Gasteiger partial charge on any atom is 0.281 e. The number of carbonyl (C=O) groups excluding carboxylic acids is 1. The Morgan fingerprint density at radius 1 is 1.41 bits per heavy atom. The van der Waals surface area contributed by atoms with Crippen molar-refractivity contribution in [2.75, 3.05) is 0 Å². The van der Waals surface area contributed by atoms with Crippen LogP contribution in [0.1, 0.15) is 56.3 Å². The van der Waals surface area contributed by atoms with Crippen molar-refractivity contribution in [3.05, 3.63) is 23.5 Å². The second-order valence-corrected chi connectivity index (χ2v) is 4.91. The zero-order valence-corrected chi connectivity index (χ0v) is 11.2. The van der Waals surface area contributed by atoms with E-state index in [1.807, 2.05) is 12.1 Å². The molecular weight excluding hydrogens is 214 g/mol.